The van der Waals surface area contributed by atoms with Gasteiger partial charge < -0.3 is 14.4 Å². The lowest BCUT2D eigenvalue weighted by Crippen LogP contribution is -2.36. The SMILES string of the molecule is O=C(COc1cccc2ccccc12)NN=Cc1cc([N+](=O)[O-])ccc1N1CCOCC1. The highest BCUT2D eigenvalue weighted by atomic mass is 16.6. The molecule has 0 bridgehead atoms. The van der Waals surface area contributed by atoms with Gasteiger partial charge in [0.15, 0.2) is 6.61 Å². The second kappa shape index (κ2) is 9.88. The van der Waals surface area contributed by atoms with Crippen molar-refractivity contribution in [3.05, 3.63) is 76.3 Å². The zero-order valence-electron chi connectivity index (χ0n) is 17.3. The van der Waals surface area contributed by atoms with Crippen LogP contribution in [0.15, 0.2) is 65.8 Å². The fraction of sp³-hybridized carbons (Fsp3) is 0.217. The Morgan fingerprint density at radius 3 is 2.75 bits per heavy atom. The van der Waals surface area contributed by atoms with Crippen LogP contribution in [0.4, 0.5) is 11.4 Å². The molecule has 1 aliphatic rings. The van der Waals surface area contributed by atoms with Crippen LogP contribution in [0.3, 0.4) is 0 Å². The molecule has 9 heteroatoms. The number of hydrogen-bond donors (Lipinski definition) is 1. The molecule has 3 aromatic carbocycles. The second-order valence-corrected chi connectivity index (χ2v) is 7.16. The maximum atomic E-state index is 12.2. The fourth-order valence-electron chi connectivity index (χ4n) is 3.52. The summed E-state index contributed by atoms with van der Waals surface area (Å²) in [5.41, 5.74) is 3.71. The Morgan fingerprint density at radius 1 is 1.16 bits per heavy atom. The lowest BCUT2D eigenvalue weighted by molar-refractivity contribution is -0.384. The van der Waals surface area contributed by atoms with Crippen LogP contribution < -0.4 is 15.1 Å². The highest BCUT2D eigenvalue weighted by molar-refractivity contribution is 5.91. The van der Waals surface area contributed by atoms with Gasteiger partial charge in [-0.1, -0.05) is 36.4 Å². The molecule has 0 saturated carbocycles. The first-order valence-electron chi connectivity index (χ1n) is 10.2. The minimum absolute atomic E-state index is 0.0472. The molecule has 1 heterocycles. The van der Waals surface area contributed by atoms with Gasteiger partial charge in [-0.25, -0.2) is 5.43 Å². The molecule has 1 aliphatic heterocycles. The van der Waals surface area contributed by atoms with Gasteiger partial charge in [-0.15, -0.1) is 0 Å². The number of nitro groups is 1. The number of carbonyl (C=O) groups excluding carboxylic acids is 1. The van der Waals surface area contributed by atoms with Gasteiger partial charge in [-0.2, -0.15) is 5.10 Å². The first kappa shape index (κ1) is 21.3. The van der Waals surface area contributed by atoms with Crippen LogP contribution in [0.5, 0.6) is 5.75 Å². The molecular formula is C23H22N4O5. The fourth-order valence-corrected chi connectivity index (χ4v) is 3.52. The third-order valence-electron chi connectivity index (χ3n) is 5.07. The molecule has 1 saturated heterocycles. The van der Waals surface area contributed by atoms with Crippen molar-refractivity contribution in [1.82, 2.24) is 5.43 Å². The zero-order chi connectivity index (χ0) is 22.3. The van der Waals surface area contributed by atoms with Gasteiger partial charge in [0.1, 0.15) is 5.75 Å². The number of carbonyl (C=O) groups is 1. The molecule has 32 heavy (non-hydrogen) atoms. The van der Waals surface area contributed by atoms with Gasteiger partial charge in [0.25, 0.3) is 11.6 Å². The Balaban J connectivity index is 1.42. The Hall–Kier alpha value is -3.98. The summed E-state index contributed by atoms with van der Waals surface area (Å²) in [6, 6.07) is 18.0. The molecule has 3 aromatic rings. The van der Waals surface area contributed by atoms with E-state index in [9.17, 15) is 14.9 Å². The van der Waals surface area contributed by atoms with E-state index in [2.05, 4.69) is 15.4 Å². The summed E-state index contributed by atoms with van der Waals surface area (Å²) in [6.07, 6.45) is 1.41. The zero-order valence-corrected chi connectivity index (χ0v) is 17.3. The monoisotopic (exact) mass is 434 g/mol. The number of anilines is 1. The molecule has 1 amide bonds. The predicted octanol–water partition coefficient (Wildman–Crippen LogP) is 3.11. The number of rotatable bonds is 7. The van der Waals surface area contributed by atoms with E-state index >= 15 is 0 Å². The van der Waals surface area contributed by atoms with Crippen LogP contribution in [-0.2, 0) is 9.53 Å². The molecular weight excluding hydrogens is 412 g/mol. The number of benzene rings is 3. The minimum Gasteiger partial charge on any atom is -0.483 e. The van der Waals surface area contributed by atoms with Crippen LogP contribution in [0, 0.1) is 10.1 Å². The highest BCUT2D eigenvalue weighted by Gasteiger charge is 2.17. The standard InChI is InChI=1S/C23H22N4O5/c28-23(16-32-22-7-3-5-17-4-1-2-6-20(17)22)25-24-15-18-14-19(27(29)30)8-9-21(18)26-10-12-31-13-11-26/h1-9,14-15H,10-13,16H2,(H,25,28). The summed E-state index contributed by atoms with van der Waals surface area (Å²) in [6.45, 7) is 2.29. The molecule has 0 spiro atoms. The minimum atomic E-state index is -0.461. The molecule has 0 atom stereocenters. The van der Waals surface area contributed by atoms with Crippen molar-refractivity contribution < 1.29 is 19.2 Å². The third kappa shape index (κ3) is 5.01. The summed E-state index contributed by atoms with van der Waals surface area (Å²) in [7, 11) is 0. The molecule has 9 nitrogen and oxygen atoms in total. The van der Waals surface area contributed by atoms with Crippen LogP contribution in [-0.4, -0.2) is 50.0 Å². The summed E-state index contributed by atoms with van der Waals surface area (Å²) < 4.78 is 11.0. The first-order chi connectivity index (χ1) is 15.6. The maximum Gasteiger partial charge on any atom is 0.277 e. The van der Waals surface area contributed by atoms with Crippen LogP contribution >= 0.6 is 0 Å². The summed E-state index contributed by atoms with van der Waals surface area (Å²) >= 11 is 0. The van der Waals surface area contributed by atoms with E-state index in [0.29, 0.717) is 37.6 Å². The van der Waals surface area contributed by atoms with Crippen molar-refractivity contribution in [2.45, 2.75) is 0 Å². The molecule has 0 aromatic heterocycles. The van der Waals surface area contributed by atoms with Crippen LogP contribution in [0.1, 0.15) is 5.56 Å². The Morgan fingerprint density at radius 2 is 1.94 bits per heavy atom. The number of hydrazone groups is 1. The molecule has 4 rings (SSSR count). The molecule has 164 valence electrons. The lowest BCUT2D eigenvalue weighted by Gasteiger charge is -2.29. The van der Waals surface area contributed by atoms with E-state index in [1.807, 2.05) is 36.4 Å². The van der Waals surface area contributed by atoms with Gasteiger partial charge >= 0.3 is 0 Å². The maximum absolute atomic E-state index is 12.2. The Kier molecular flexibility index (Phi) is 6.57. The van der Waals surface area contributed by atoms with E-state index in [1.165, 1.54) is 18.3 Å². The Labute approximate surface area is 184 Å². The van der Waals surface area contributed by atoms with Crippen molar-refractivity contribution in [1.29, 1.82) is 0 Å². The van der Waals surface area contributed by atoms with E-state index < -0.39 is 10.8 Å². The van der Waals surface area contributed by atoms with Gasteiger partial charge in [0.2, 0.25) is 0 Å². The average Bonchev–Trinajstić information content (AvgIpc) is 2.83. The van der Waals surface area contributed by atoms with E-state index in [0.717, 1.165) is 16.5 Å². The quantitative estimate of drug-likeness (QED) is 0.348. The number of ether oxygens (including phenoxy) is 2. The van der Waals surface area contributed by atoms with Gasteiger partial charge in [-0.3, -0.25) is 14.9 Å². The topological polar surface area (TPSA) is 106 Å². The Bertz CT molecular complexity index is 1150. The normalized spacial score (nSPS) is 13.9. The molecule has 0 radical (unpaired) electrons. The summed E-state index contributed by atoms with van der Waals surface area (Å²) in [4.78, 5) is 25.0. The predicted molar refractivity (Wildman–Crippen MR) is 121 cm³/mol. The molecule has 0 unspecified atom stereocenters. The summed E-state index contributed by atoms with van der Waals surface area (Å²) in [5, 5.41) is 17.1. The van der Waals surface area contributed by atoms with Gasteiger partial charge in [0.05, 0.1) is 24.4 Å². The molecule has 1 N–H and O–H groups in total. The molecule has 0 aliphatic carbocycles. The summed E-state index contributed by atoms with van der Waals surface area (Å²) in [5.74, 6) is 0.169. The number of fused-ring (bicyclic) bond motifs is 1. The van der Waals surface area contributed by atoms with Crippen molar-refractivity contribution in [3.63, 3.8) is 0 Å². The van der Waals surface area contributed by atoms with E-state index in [-0.39, 0.29) is 12.3 Å². The smallest absolute Gasteiger partial charge is 0.277 e. The van der Waals surface area contributed by atoms with Crippen molar-refractivity contribution in [2.75, 3.05) is 37.8 Å². The van der Waals surface area contributed by atoms with E-state index in [4.69, 9.17) is 9.47 Å². The third-order valence-corrected chi connectivity index (χ3v) is 5.07. The number of hydrogen-bond acceptors (Lipinski definition) is 7. The first-order valence-corrected chi connectivity index (χ1v) is 10.2. The van der Waals surface area contributed by atoms with Crippen LogP contribution in [0.2, 0.25) is 0 Å². The van der Waals surface area contributed by atoms with Gasteiger partial charge in [-0.05, 0) is 17.5 Å². The number of morpholine rings is 1. The number of amides is 1. The lowest BCUT2D eigenvalue weighted by atomic mass is 10.1. The molecule has 1 fully saturated rings. The van der Waals surface area contributed by atoms with Crippen molar-refractivity contribution >= 4 is 34.3 Å². The average molecular weight is 434 g/mol. The van der Waals surface area contributed by atoms with E-state index in [1.54, 1.807) is 12.1 Å². The van der Waals surface area contributed by atoms with Gasteiger partial charge in [0, 0.05) is 41.9 Å². The number of nitrogens with zero attached hydrogens (tertiary/aromatic N) is 3. The highest BCUT2D eigenvalue weighted by Crippen LogP contribution is 2.26. The number of nitro benzene ring substituents is 1. The van der Waals surface area contributed by atoms with Crippen molar-refractivity contribution in [2.24, 2.45) is 5.10 Å². The number of nitrogens with one attached hydrogen (secondary N) is 1. The number of non-ortho nitro benzene ring substituents is 1. The van der Waals surface area contributed by atoms with Crippen molar-refractivity contribution in [3.8, 4) is 5.75 Å². The van der Waals surface area contributed by atoms with Crippen LogP contribution in [0.25, 0.3) is 10.8 Å². The second-order valence-electron chi connectivity index (χ2n) is 7.16. The largest absolute Gasteiger partial charge is 0.483 e.